The van der Waals surface area contributed by atoms with Crippen molar-refractivity contribution in [3.63, 3.8) is 0 Å². The summed E-state index contributed by atoms with van der Waals surface area (Å²) in [6.07, 6.45) is 46.1. The van der Waals surface area contributed by atoms with Gasteiger partial charge in [-0.3, -0.25) is 19.4 Å². The highest BCUT2D eigenvalue weighted by atomic mass is 32.2. The van der Waals surface area contributed by atoms with Gasteiger partial charge in [0, 0.05) is 38.5 Å². The van der Waals surface area contributed by atoms with E-state index in [1.54, 1.807) is 0 Å². The second kappa shape index (κ2) is 48.2. The third kappa shape index (κ3) is 39.7. The SMILES string of the molecule is CCCCCCCCC(CCCCCCCC)COC(=O)CCCCCN(CCO)CCN(CCCCCC(=O)OCC(CCCCCCCC)CCCCCCCC)C1CCSCC1. The average molecular weight is 938 g/mol. The lowest BCUT2D eigenvalue weighted by molar-refractivity contribution is -0.146. The molecule has 1 heterocycles. The lowest BCUT2D eigenvalue weighted by Gasteiger charge is -2.36. The van der Waals surface area contributed by atoms with Crippen molar-refractivity contribution in [2.75, 3.05) is 64.1 Å². The van der Waals surface area contributed by atoms with Crippen LogP contribution in [0.3, 0.4) is 0 Å². The van der Waals surface area contributed by atoms with Gasteiger partial charge in [0.05, 0.1) is 19.8 Å². The van der Waals surface area contributed by atoms with Gasteiger partial charge in [-0.2, -0.15) is 11.8 Å². The molecule has 0 bridgehead atoms. The summed E-state index contributed by atoms with van der Waals surface area (Å²) < 4.78 is 11.8. The zero-order valence-corrected chi connectivity index (χ0v) is 44.9. The second-order valence-corrected chi connectivity index (χ2v) is 21.6. The minimum Gasteiger partial charge on any atom is -0.465 e. The molecule has 386 valence electrons. The highest BCUT2D eigenvalue weighted by Crippen LogP contribution is 2.24. The van der Waals surface area contributed by atoms with Crippen LogP contribution in [0.5, 0.6) is 0 Å². The molecule has 0 unspecified atom stereocenters. The summed E-state index contributed by atoms with van der Waals surface area (Å²) in [5.74, 6) is 3.51. The maximum absolute atomic E-state index is 12.9. The van der Waals surface area contributed by atoms with Crippen molar-refractivity contribution < 1.29 is 24.2 Å². The average Bonchev–Trinajstić information content (AvgIpc) is 3.32. The number of carbonyl (C=O) groups is 2. The summed E-state index contributed by atoms with van der Waals surface area (Å²) >= 11 is 2.08. The molecular weight excluding hydrogens is 825 g/mol. The fraction of sp³-hybridized carbons (Fsp3) is 0.965. The van der Waals surface area contributed by atoms with Gasteiger partial charge in [0.1, 0.15) is 0 Å². The number of nitrogens with zero attached hydrogens (tertiary/aromatic N) is 2. The number of aliphatic hydroxyl groups excluding tert-OH is 1. The van der Waals surface area contributed by atoms with Gasteiger partial charge < -0.3 is 14.6 Å². The Bertz CT molecular complexity index is 980. The minimum absolute atomic E-state index is 0.00448. The first kappa shape index (κ1) is 62.2. The summed E-state index contributed by atoms with van der Waals surface area (Å²) in [4.78, 5) is 30.9. The predicted octanol–water partition coefficient (Wildman–Crippen LogP) is 15.9. The van der Waals surface area contributed by atoms with E-state index in [9.17, 15) is 14.7 Å². The van der Waals surface area contributed by atoms with Crippen molar-refractivity contribution in [3.8, 4) is 0 Å². The summed E-state index contributed by atoms with van der Waals surface area (Å²) in [6, 6.07) is 0.634. The number of carbonyl (C=O) groups excluding carboxylic acids is 2. The molecule has 0 aliphatic carbocycles. The van der Waals surface area contributed by atoms with E-state index in [4.69, 9.17) is 9.47 Å². The Morgan fingerprint density at radius 1 is 0.462 bits per heavy atom. The van der Waals surface area contributed by atoms with Crippen molar-refractivity contribution in [2.24, 2.45) is 11.8 Å². The number of ether oxygens (including phenoxy) is 2. The van der Waals surface area contributed by atoms with Crippen LogP contribution in [0, 0.1) is 11.8 Å². The molecule has 0 radical (unpaired) electrons. The maximum atomic E-state index is 12.9. The molecular formula is C57H112N2O5S. The van der Waals surface area contributed by atoms with Crippen LogP contribution in [0.1, 0.15) is 272 Å². The van der Waals surface area contributed by atoms with E-state index < -0.39 is 0 Å². The van der Waals surface area contributed by atoms with Gasteiger partial charge in [-0.1, -0.05) is 195 Å². The monoisotopic (exact) mass is 937 g/mol. The number of hydrogen-bond donors (Lipinski definition) is 1. The lowest BCUT2D eigenvalue weighted by atomic mass is 9.94. The van der Waals surface area contributed by atoms with Crippen LogP contribution in [-0.4, -0.2) is 96.9 Å². The first-order valence-corrected chi connectivity index (χ1v) is 30.1. The van der Waals surface area contributed by atoms with Gasteiger partial charge in [-0.05, 0) is 101 Å². The zero-order valence-electron chi connectivity index (χ0n) is 44.1. The third-order valence-corrected chi connectivity index (χ3v) is 15.4. The van der Waals surface area contributed by atoms with Gasteiger partial charge in [0.2, 0.25) is 0 Å². The van der Waals surface area contributed by atoms with Gasteiger partial charge in [0.15, 0.2) is 0 Å². The molecule has 1 saturated heterocycles. The molecule has 0 atom stereocenters. The first-order chi connectivity index (χ1) is 32.0. The minimum atomic E-state index is -0.0162. The molecule has 1 fully saturated rings. The summed E-state index contributed by atoms with van der Waals surface area (Å²) in [5, 5.41) is 9.94. The Kier molecular flexibility index (Phi) is 46.1. The van der Waals surface area contributed by atoms with Gasteiger partial charge >= 0.3 is 11.9 Å². The van der Waals surface area contributed by atoms with Gasteiger partial charge in [0.25, 0.3) is 0 Å². The lowest BCUT2D eigenvalue weighted by Crippen LogP contribution is -2.44. The van der Waals surface area contributed by atoms with Crippen LogP contribution in [0.25, 0.3) is 0 Å². The molecule has 7 nitrogen and oxygen atoms in total. The Morgan fingerprint density at radius 3 is 1.23 bits per heavy atom. The fourth-order valence-electron chi connectivity index (χ4n) is 9.86. The molecule has 1 aliphatic heterocycles. The standard InChI is InChI=1S/C57H112N2O5S/c1-5-9-13-17-21-27-35-53(36-28-22-18-14-10-6-2)51-63-56(61)39-31-25-33-43-58(47-48-60)45-46-59(55-41-49-65-50-42-55)44-34-26-32-40-57(62)64-52-54(37-29-23-19-15-11-7-3)38-30-24-20-16-12-8-4/h53-55,60H,5-52H2,1-4H3. The molecule has 1 rings (SSSR count). The van der Waals surface area contributed by atoms with Crippen molar-refractivity contribution >= 4 is 23.7 Å². The third-order valence-electron chi connectivity index (χ3n) is 14.3. The van der Waals surface area contributed by atoms with Crippen LogP contribution in [0.2, 0.25) is 0 Å². The quantitative estimate of drug-likeness (QED) is 0.0477. The van der Waals surface area contributed by atoms with Crippen molar-refractivity contribution in [1.82, 2.24) is 9.80 Å². The number of rotatable bonds is 50. The largest absolute Gasteiger partial charge is 0.465 e. The van der Waals surface area contributed by atoms with Gasteiger partial charge in [-0.25, -0.2) is 0 Å². The van der Waals surface area contributed by atoms with E-state index in [-0.39, 0.29) is 18.5 Å². The highest BCUT2D eigenvalue weighted by Gasteiger charge is 2.22. The Hall–Kier alpha value is -0.830. The number of esters is 2. The molecule has 0 saturated carbocycles. The van der Waals surface area contributed by atoms with E-state index >= 15 is 0 Å². The topological polar surface area (TPSA) is 79.3 Å². The highest BCUT2D eigenvalue weighted by molar-refractivity contribution is 7.99. The molecule has 8 heteroatoms. The zero-order chi connectivity index (χ0) is 47.1. The van der Waals surface area contributed by atoms with E-state index in [1.807, 2.05) is 0 Å². The molecule has 65 heavy (non-hydrogen) atoms. The number of thioether (sulfide) groups is 1. The molecule has 0 spiro atoms. The van der Waals surface area contributed by atoms with E-state index in [1.165, 1.54) is 204 Å². The normalized spacial score (nSPS) is 13.6. The van der Waals surface area contributed by atoms with Crippen LogP contribution in [0.15, 0.2) is 0 Å². The summed E-state index contributed by atoms with van der Waals surface area (Å²) in [6.45, 7) is 15.3. The Balaban J connectivity index is 2.45. The number of aliphatic hydroxyl groups is 1. The molecule has 0 amide bonds. The molecule has 0 aromatic carbocycles. The first-order valence-electron chi connectivity index (χ1n) is 28.9. The van der Waals surface area contributed by atoms with Crippen molar-refractivity contribution in [3.05, 3.63) is 0 Å². The Morgan fingerprint density at radius 2 is 0.831 bits per heavy atom. The van der Waals surface area contributed by atoms with Crippen molar-refractivity contribution in [1.29, 1.82) is 0 Å². The fourth-order valence-corrected chi connectivity index (χ4v) is 10.9. The molecule has 1 aliphatic rings. The van der Waals surface area contributed by atoms with E-state index in [0.717, 1.165) is 64.7 Å². The number of hydrogen-bond acceptors (Lipinski definition) is 8. The second-order valence-electron chi connectivity index (χ2n) is 20.4. The van der Waals surface area contributed by atoms with E-state index in [0.29, 0.717) is 50.5 Å². The molecule has 0 aromatic heterocycles. The van der Waals surface area contributed by atoms with E-state index in [2.05, 4.69) is 49.3 Å². The maximum Gasteiger partial charge on any atom is 0.305 e. The smallest absolute Gasteiger partial charge is 0.305 e. The number of unbranched alkanes of at least 4 members (excludes halogenated alkanes) is 24. The predicted molar refractivity (Wildman–Crippen MR) is 283 cm³/mol. The van der Waals surface area contributed by atoms with Crippen molar-refractivity contribution in [2.45, 2.75) is 278 Å². The van der Waals surface area contributed by atoms with Gasteiger partial charge in [-0.15, -0.1) is 0 Å². The summed E-state index contributed by atoms with van der Waals surface area (Å²) in [7, 11) is 0. The molecule has 1 N–H and O–H groups in total. The van der Waals surface area contributed by atoms with Crippen LogP contribution >= 0.6 is 11.8 Å². The van der Waals surface area contributed by atoms with Crippen LogP contribution in [0.4, 0.5) is 0 Å². The van der Waals surface area contributed by atoms with Crippen LogP contribution < -0.4 is 0 Å². The summed E-state index contributed by atoms with van der Waals surface area (Å²) in [5.41, 5.74) is 0. The van der Waals surface area contributed by atoms with Crippen LogP contribution in [-0.2, 0) is 19.1 Å². The molecule has 0 aromatic rings. The Labute approximate surface area is 409 Å².